The average molecular weight is 346 g/mol. The maximum absolute atomic E-state index is 12.9. The summed E-state index contributed by atoms with van der Waals surface area (Å²) in [7, 11) is 0. The molecule has 0 bridgehead atoms. The number of hydrogen-bond donors (Lipinski definition) is 0. The molecule has 0 saturated carbocycles. The van der Waals surface area contributed by atoms with Crippen LogP contribution >= 0.6 is 0 Å². The van der Waals surface area contributed by atoms with Gasteiger partial charge >= 0.3 is 0 Å². The summed E-state index contributed by atoms with van der Waals surface area (Å²) in [5.41, 5.74) is 4.79. The highest BCUT2D eigenvalue weighted by molar-refractivity contribution is 6.06. The second kappa shape index (κ2) is 5.40. The molecule has 1 heteroatoms. The Labute approximate surface area is 158 Å². The number of carbonyl (C=O) groups is 1. The normalized spacial score (nSPS) is 20.4. The predicted octanol–water partition coefficient (Wildman–Crippen LogP) is 6.35. The van der Waals surface area contributed by atoms with E-state index < -0.39 is 0 Å². The number of benzene rings is 4. The van der Waals surface area contributed by atoms with Crippen LogP contribution in [0.5, 0.6) is 0 Å². The van der Waals surface area contributed by atoms with Gasteiger partial charge in [-0.15, -0.1) is 0 Å². The summed E-state index contributed by atoms with van der Waals surface area (Å²) in [4.78, 5) is 12.9. The third kappa shape index (κ3) is 2.03. The smallest absolute Gasteiger partial charge is 0.163 e. The van der Waals surface area contributed by atoms with Crippen LogP contribution in [0.4, 0.5) is 0 Å². The molecule has 0 saturated heterocycles. The molecule has 0 N–H and O–H groups in total. The Hall–Kier alpha value is -3.19. The Bertz CT molecular complexity index is 1280. The van der Waals surface area contributed by atoms with E-state index in [0.717, 1.165) is 5.56 Å². The third-order valence-electron chi connectivity index (χ3n) is 6.27. The van der Waals surface area contributed by atoms with Crippen molar-refractivity contribution in [3.05, 3.63) is 101 Å². The summed E-state index contributed by atoms with van der Waals surface area (Å²) in [5.74, 6) is 0.731. The van der Waals surface area contributed by atoms with Crippen molar-refractivity contribution in [1.82, 2.24) is 0 Å². The molecule has 6 rings (SSSR count). The predicted molar refractivity (Wildman–Crippen MR) is 111 cm³/mol. The zero-order valence-corrected chi connectivity index (χ0v) is 14.9. The first-order valence-corrected chi connectivity index (χ1v) is 9.56. The lowest BCUT2D eigenvalue weighted by molar-refractivity contribution is 0.0954. The minimum Gasteiger partial charge on any atom is -0.294 e. The van der Waals surface area contributed by atoms with E-state index in [4.69, 9.17) is 0 Å². The van der Waals surface area contributed by atoms with Crippen LogP contribution in [0.15, 0.2) is 78.9 Å². The Balaban J connectivity index is 1.76. The molecule has 0 radical (unpaired) electrons. The molecule has 0 aromatic heterocycles. The van der Waals surface area contributed by atoms with E-state index in [2.05, 4.69) is 78.9 Å². The molecule has 2 aliphatic rings. The van der Waals surface area contributed by atoms with Crippen molar-refractivity contribution in [3.8, 4) is 0 Å². The van der Waals surface area contributed by atoms with Crippen LogP contribution in [0.1, 0.15) is 39.4 Å². The molecular formula is C26H18O. The molecular weight excluding hydrogens is 328 g/mol. The van der Waals surface area contributed by atoms with E-state index in [9.17, 15) is 4.79 Å². The highest BCUT2D eigenvalue weighted by atomic mass is 16.1. The summed E-state index contributed by atoms with van der Waals surface area (Å²) in [5, 5.41) is 5.00. The molecule has 4 aromatic carbocycles. The molecule has 0 aliphatic heterocycles. The summed E-state index contributed by atoms with van der Waals surface area (Å²) in [6, 6.07) is 25.7. The third-order valence-corrected chi connectivity index (χ3v) is 6.27. The van der Waals surface area contributed by atoms with Gasteiger partial charge in [0.1, 0.15) is 0 Å². The van der Waals surface area contributed by atoms with Gasteiger partial charge < -0.3 is 0 Å². The van der Waals surface area contributed by atoms with Crippen molar-refractivity contribution >= 4 is 33.4 Å². The van der Waals surface area contributed by atoms with Crippen LogP contribution in [-0.2, 0) is 0 Å². The molecule has 0 heterocycles. The quantitative estimate of drug-likeness (QED) is 0.362. The van der Waals surface area contributed by atoms with Crippen LogP contribution in [-0.4, -0.2) is 5.78 Å². The largest absolute Gasteiger partial charge is 0.294 e. The monoisotopic (exact) mass is 346 g/mol. The summed E-state index contributed by atoms with van der Waals surface area (Å²) in [6.45, 7) is 0. The fourth-order valence-electron chi connectivity index (χ4n) is 5.10. The molecule has 2 aliphatic carbocycles. The number of hydrogen-bond acceptors (Lipinski definition) is 1. The van der Waals surface area contributed by atoms with Gasteiger partial charge in [0.2, 0.25) is 0 Å². The van der Waals surface area contributed by atoms with Crippen LogP contribution in [0.3, 0.4) is 0 Å². The fourth-order valence-corrected chi connectivity index (χ4v) is 5.10. The Morgan fingerprint density at radius 1 is 0.704 bits per heavy atom. The van der Waals surface area contributed by atoms with Gasteiger partial charge in [-0.2, -0.15) is 0 Å². The van der Waals surface area contributed by atoms with E-state index in [0.29, 0.717) is 6.42 Å². The van der Waals surface area contributed by atoms with Crippen molar-refractivity contribution in [3.63, 3.8) is 0 Å². The van der Waals surface area contributed by atoms with Gasteiger partial charge in [-0.1, -0.05) is 84.9 Å². The number of rotatable bonds is 0. The van der Waals surface area contributed by atoms with E-state index in [1.54, 1.807) is 0 Å². The van der Waals surface area contributed by atoms with Crippen molar-refractivity contribution in [1.29, 1.82) is 0 Å². The minimum absolute atomic E-state index is 0.231. The maximum atomic E-state index is 12.9. The molecule has 128 valence electrons. The van der Waals surface area contributed by atoms with Gasteiger partial charge in [-0.05, 0) is 44.2 Å². The molecule has 4 aromatic rings. The van der Waals surface area contributed by atoms with Crippen LogP contribution in [0.25, 0.3) is 27.6 Å². The number of Topliss-reactive ketones (excluding diaryl/α,β-unsaturated/α-hetero) is 1. The highest BCUT2D eigenvalue weighted by Gasteiger charge is 2.38. The van der Waals surface area contributed by atoms with Crippen LogP contribution in [0, 0.1) is 5.92 Å². The van der Waals surface area contributed by atoms with Crippen molar-refractivity contribution in [2.45, 2.75) is 12.3 Å². The summed E-state index contributed by atoms with van der Waals surface area (Å²) in [6.07, 6.45) is 5.06. The number of allylic oxidation sites excluding steroid dienone is 1. The summed E-state index contributed by atoms with van der Waals surface area (Å²) >= 11 is 0. The zero-order chi connectivity index (χ0) is 18.0. The van der Waals surface area contributed by atoms with Gasteiger partial charge in [-0.25, -0.2) is 0 Å². The second-order valence-corrected chi connectivity index (χ2v) is 7.67. The van der Waals surface area contributed by atoms with Crippen molar-refractivity contribution in [2.75, 3.05) is 0 Å². The topological polar surface area (TPSA) is 17.1 Å². The summed E-state index contributed by atoms with van der Waals surface area (Å²) < 4.78 is 0. The Kier molecular flexibility index (Phi) is 2.99. The second-order valence-electron chi connectivity index (χ2n) is 7.67. The van der Waals surface area contributed by atoms with Gasteiger partial charge in [0, 0.05) is 17.9 Å². The van der Waals surface area contributed by atoms with E-state index in [1.807, 2.05) is 6.07 Å². The molecule has 0 amide bonds. The highest BCUT2D eigenvalue weighted by Crippen LogP contribution is 2.49. The lowest BCUT2D eigenvalue weighted by Gasteiger charge is -2.36. The minimum atomic E-state index is 0.231. The SMILES string of the molecule is O=C1C[C@@H]2C=Cc3ccc4ccccc4c3[C@@H]2c2c1ccc1ccccc21. The number of ketones is 1. The lowest BCUT2D eigenvalue weighted by Crippen LogP contribution is -2.27. The van der Waals surface area contributed by atoms with Crippen LogP contribution < -0.4 is 0 Å². The van der Waals surface area contributed by atoms with E-state index in [-0.39, 0.29) is 17.6 Å². The van der Waals surface area contributed by atoms with E-state index in [1.165, 1.54) is 38.2 Å². The first kappa shape index (κ1) is 14.9. The number of fused-ring (bicyclic) bond motifs is 9. The van der Waals surface area contributed by atoms with Crippen molar-refractivity contribution < 1.29 is 4.79 Å². The van der Waals surface area contributed by atoms with Gasteiger partial charge in [-0.3, -0.25) is 4.79 Å². The zero-order valence-electron chi connectivity index (χ0n) is 14.9. The number of carbonyl (C=O) groups excluding carboxylic acids is 1. The molecule has 0 fully saturated rings. The van der Waals surface area contributed by atoms with Gasteiger partial charge in [0.15, 0.2) is 5.78 Å². The molecule has 0 unspecified atom stereocenters. The first-order chi connectivity index (χ1) is 13.3. The van der Waals surface area contributed by atoms with Gasteiger partial charge in [0.05, 0.1) is 0 Å². The first-order valence-electron chi connectivity index (χ1n) is 9.56. The maximum Gasteiger partial charge on any atom is 0.163 e. The Morgan fingerprint density at radius 2 is 1.37 bits per heavy atom. The van der Waals surface area contributed by atoms with Crippen LogP contribution in [0.2, 0.25) is 0 Å². The lowest BCUT2D eigenvalue weighted by atomic mass is 9.66. The molecule has 2 atom stereocenters. The molecule has 1 nitrogen and oxygen atoms in total. The Morgan fingerprint density at radius 3 is 2.15 bits per heavy atom. The van der Waals surface area contributed by atoms with Gasteiger partial charge in [0.25, 0.3) is 0 Å². The van der Waals surface area contributed by atoms with E-state index >= 15 is 0 Å². The molecule has 27 heavy (non-hydrogen) atoms. The standard InChI is InChI=1S/C26H18O/c27-23-15-19-12-11-18-10-9-16-5-1-3-7-20(16)24(18)25(19)26-21-8-4-2-6-17(21)13-14-22(23)26/h1-14,19,25H,15H2/t19-,25+/m0/s1. The fraction of sp³-hybridized carbons (Fsp3) is 0.115. The van der Waals surface area contributed by atoms with Crippen molar-refractivity contribution in [2.24, 2.45) is 5.92 Å². The molecule has 0 spiro atoms. The average Bonchev–Trinajstić information content (AvgIpc) is 2.73.